The van der Waals surface area contributed by atoms with Gasteiger partial charge in [-0.3, -0.25) is 9.59 Å². The van der Waals surface area contributed by atoms with E-state index < -0.39 is 31.8 Å². The Morgan fingerprint density at radius 2 is 1.88 bits per heavy atom. The fourth-order valence-corrected chi connectivity index (χ4v) is 7.85. The lowest BCUT2D eigenvalue weighted by molar-refractivity contribution is -0.133. The smallest absolute Gasteiger partial charge is 0.271 e. The minimum Gasteiger partial charge on any atom is -0.321 e. The van der Waals surface area contributed by atoms with Crippen LogP contribution in [-0.2, 0) is 29.4 Å². The molecule has 180 valence electrons. The van der Waals surface area contributed by atoms with Crippen LogP contribution < -0.4 is 5.32 Å². The van der Waals surface area contributed by atoms with Gasteiger partial charge >= 0.3 is 0 Å². The van der Waals surface area contributed by atoms with Gasteiger partial charge in [0.25, 0.3) is 5.91 Å². The van der Waals surface area contributed by atoms with Crippen molar-refractivity contribution in [1.29, 1.82) is 0 Å². The highest BCUT2D eigenvalue weighted by Gasteiger charge is 2.37. The van der Waals surface area contributed by atoms with Gasteiger partial charge in [0.1, 0.15) is 5.71 Å². The van der Waals surface area contributed by atoms with Crippen LogP contribution in [0.25, 0.3) is 0 Å². The monoisotopic (exact) mass is 496 g/mol. The number of hydrazone groups is 1. The maximum absolute atomic E-state index is 13.1. The fourth-order valence-electron chi connectivity index (χ4n) is 4.39. The van der Waals surface area contributed by atoms with Crippen molar-refractivity contribution in [2.75, 3.05) is 29.9 Å². The maximum atomic E-state index is 13.1. The molecular weight excluding hydrogens is 468 g/mol. The number of amides is 2. The van der Waals surface area contributed by atoms with Crippen molar-refractivity contribution in [1.82, 2.24) is 9.31 Å². The summed E-state index contributed by atoms with van der Waals surface area (Å²) >= 11 is 0. The third-order valence-corrected chi connectivity index (χ3v) is 10.0. The Labute approximate surface area is 194 Å². The average molecular weight is 497 g/mol. The summed E-state index contributed by atoms with van der Waals surface area (Å²) in [7, 11) is -6.88. The number of hydrogen-bond donors (Lipinski definition) is 1. The molecule has 1 atom stereocenters. The molecule has 0 aliphatic carbocycles. The molecule has 10 nitrogen and oxygen atoms in total. The van der Waals surface area contributed by atoms with Crippen LogP contribution in [0.2, 0.25) is 0 Å². The normalized spacial score (nSPS) is 23.9. The standard InChI is InChI=1S/C21H28N4O6S2/c1-15-5-6-16(13-19(15)33(30,31)24-10-3-2-4-11-24)22-21(27)18-7-8-20(26)25(23-18)17-9-12-32(28,29)14-17/h5-6,13,17H,2-4,7-12,14H2,1H3,(H,22,27). The minimum atomic E-state index is -3.67. The summed E-state index contributed by atoms with van der Waals surface area (Å²) in [6, 6.07) is 4.16. The maximum Gasteiger partial charge on any atom is 0.271 e. The molecule has 2 saturated heterocycles. The third kappa shape index (κ3) is 5.12. The van der Waals surface area contributed by atoms with Gasteiger partial charge in [-0.15, -0.1) is 0 Å². The van der Waals surface area contributed by atoms with Crippen LogP contribution in [0.5, 0.6) is 0 Å². The number of carbonyl (C=O) groups excluding carboxylic acids is 2. The van der Waals surface area contributed by atoms with Gasteiger partial charge in [0.2, 0.25) is 15.9 Å². The van der Waals surface area contributed by atoms with E-state index >= 15 is 0 Å². The van der Waals surface area contributed by atoms with E-state index in [0.29, 0.717) is 30.8 Å². The molecule has 1 aromatic carbocycles. The molecule has 2 amide bonds. The lowest BCUT2D eigenvalue weighted by Gasteiger charge is -2.28. The van der Waals surface area contributed by atoms with E-state index in [1.165, 1.54) is 10.4 Å². The highest BCUT2D eigenvalue weighted by molar-refractivity contribution is 7.91. The SMILES string of the molecule is Cc1ccc(NC(=O)C2=NN(C3CCS(=O)(=O)C3)C(=O)CC2)cc1S(=O)(=O)N1CCCCC1. The summed E-state index contributed by atoms with van der Waals surface area (Å²) in [5.74, 6) is -1.01. The van der Waals surface area contributed by atoms with Crippen molar-refractivity contribution in [3.05, 3.63) is 23.8 Å². The number of anilines is 1. The lowest BCUT2D eigenvalue weighted by atomic mass is 10.1. The predicted molar refractivity (Wildman–Crippen MR) is 123 cm³/mol. The third-order valence-electron chi connectivity index (χ3n) is 6.25. The van der Waals surface area contributed by atoms with Gasteiger partial charge in [-0.1, -0.05) is 12.5 Å². The van der Waals surface area contributed by atoms with Crippen LogP contribution >= 0.6 is 0 Å². The molecule has 0 bridgehead atoms. The Balaban J connectivity index is 1.53. The predicted octanol–water partition coefficient (Wildman–Crippen LogP) is 1.27. The molecule has 0 aromatic heterocycles. The van der Waals surface area contributed by atoms with Crippen LogP contribution in [0.3, 0.4) is 0 Å². The Morgan fingerprint density at radius 1 is 1.15 bits per heavy atom. The molecule has 1 aromatic rings. The number of aryl methyl sites for hydroxylation is 1. The Hall–Kier alpha value is -2.31. The number of sulfonamides is 1. The van der Waals surface area contributed by atoms with Gasteiger partial charge in [0.05, 0.1) is 22.4 Å². The van der Waals surface area contributed by atoms with Crippen LogP contribution in [0.15, 0.2) is 28.2 Å². The van der Waals surface area contributed by atoms with Gasteiger partial charge in [0, 0.05) is 31.6 Å². The molecule has 3 aliphatic rings. The van der Waals surface area contributed by atoms with E-state index in [1.54, 1.807) is 19.1 Å². The second kappa shape index (κ2) is 9.15. The van der Waals surface area contributed by atoms with Gasteiger partial charge < -0.3 is 5.32 Å². The Kier molecular flexibility index (Phi) is 6.61. The lowest BCUT2D eigenvalue weighted by Crippen LogP contribution is -2.42. The van der Waals surface area contributed by atoms with Crippen LogP contribution in [-0.4, -0.2) is 74.3 Å². The van der Waals surface area contributed by atoms with Crippen molar-refractivity contribution >= 4 is 43.1 Å². The van der Waals surface area contributed by atoms with Crippen molar-refractivity contribution in [2.24, 2.45) is 5.10 Å². The van der Waals surface area contributed by atoms with Crippen LogP contribution in [0.1, 0.15) is 44.1 Å². The zero-order valence-corrected chi connectivity index (χ0v) is 20.1. The van der Waals surface area contributed by atoms with E-state index in [9.17, 15) is 26.4 Å². The van der Waals surface area contributed by atoms with Crippen molar-refractivity contribution in [3.63, 3.8) is 0 Å². The summed E-state index contributed by atoms with van der Waals surface area (Å²) in [5.41, 5.74) is 1.02. The summed E-state index contributed by atoms with van der Waals surface area (Å²) in [5, 5.41) is 7.98. The molecule has 1 N–H and O–H groups in total. The summed E-state index contributed by atoms with van der Waals surface area (Å²) in [6.45, 7) is 2.68. The molecule has 3 heterocycles. The number of nitrogens with one attached hydrogen (secondary N) is 1. The van der Waals surface area contributed by atoms with E-state index in [2.05, 4.69) is 10.4 Å². The van der Waals surface area contributed by atoms with Crippen molar-refractivity contribution < 1.29 is 26.4 Å². The first-order chi connectivity index (χ1) is 15.6. The van der Waals surface area contributed by atoms with E-state index in [-0.39, 0.29) is 40.9 Å². The number of nitrogens with zero attached hydrogens (tertiary/aromatic N) is 3. The number of piperidine rings is 1. The first kappa shape index (κ1) is 23.8. The minimum absolute atomic E-state index is 0.00384. The summed E-state index contributed by atoms with van der Waals surface area (Å²) in [4.78, 5) is 25.3. The molecule has 33 heavy (non-hydrogen) atoms. The van der Waals surface area contributed by atoms with Gasteiger partial charge in [-0.2, -0.15) is 9.41 Å². The molecular formula is C21H28N4O6S2. The highest BCUT2D eigenvalue weighted by Crippen LogP contribution is 2.27. The highest BCUT2D eigenvalue weighted by atomic mass is 32.2. The average Bonchev–Trinajstić information content (AvgIpc) is 3.15. The Morgan fingerprint density at radius 3 is 2.55 bits per heavy atom. The number of sulfone groups is 1. The molecule has 2 fully saturated rings. The van der Waals surface area contributed by atoms with Crippen molar-refractivity contribution in [2.45, 2.75) is 56.4 Å². The second-order valence-electron chi connectivity index (χ2n) is 8.74. The van der Waals surface area contributed by atoms with E-state index in [0.717, 1.165) is 24.3 Å². The van der Waals surface area contributed by atoms with Crippen molar-refractivity contribution in [3.8, 4) is 0 Å². The Bertz CT molecular complexity index is 1200. The van der Waals surface area contributed by atoms with E-state index in [4.69, 9.17) is 0 Å². The second-order valence-corrected chi connectivity index (χ2v) is 12.9. The van der Waals surface area contributed by atoms with Gasteiger partial charge in [0.15, 0.2) is 9.84 Å². The molecule has 4 rings (SSSR count). The summed E-state index contributed by atoms with van der Waals surface area (Å²) < 4.78 is 51.3. The molecule has 0 saturated carbocycles. The van der Waals surface area contributed by atoms with Crippen LogP contribution in [0, 0.1) is 6.92 Å². The first-order valence-electron chi connectivity index (χ1n) is 11.1. The number of benzene rings is 1. The van der Waals surface area contributed by atoms with E-state index in [1.807, 2.05) is 0 Å². The summed E-state index contributed by atoms with van der Waals surface area (Å²) in [6.07, 6.45) is 3.15. The molecule has 1 unspecified atom stereocenters. The molecule has 12 heteroatoms. The largest absolute Gasteiger partial charge is 0.321 e. The zero-order chi connectivity index (χ0) is 23.8. The van der Waals surface area contributed by atoms with Gasteiger partial charge in [-0.05, 0) is 43.9 Å². The first-order valence-corrected chi connectivity index (χ1v) is 14.3. The number of rotatable bonds is 5. The fraction of sp³-hybridized carbons (Fsp3) is 0.571. The van der Waals surface area contributed by atoms with Crippen LogP contribution in [0.4, 0.5) is 5.69 Å². The number of carbonyl (C=O) groups is 2. The molecule has 0 radical (unpaired) electrons. The number of hydrogen-bond acceptors (Lipinski definition) is 7. The molecule has 3 aliphatic heterocycles. The zero-order valence-electron chi connectivity index (χ0n) is 18.5. The van der Waals surface area contributed by atoms with Gasteiger partial charge in [-0.25, -0.2) is 21.8 Å². The molecule has 0 spiro atoms. The topological polar surface area (TPSA) is 133 Å². The quantitative estimate of drug-likeness (QED) is 0.653.